The fourth-order valence-corrected chi connectivity index (χ4v) is 2.16. The topological polar surface area (TPSA) is 104 Å². The molecule has 0 atom stereocenters. The van der Waals surface area contributed by atoms with E-state index in [0.717, 1.165) is 37.6 Å². The second-order valence-electron chi connectivity index (χ2n) is 4.53. The fourth-order valence-electron chi connectivity index (χ4n) is 2.16. The number of halogens is 2. The average Bonchev–Trinajstić information content (AvgIpc) is 2.47. The summed E-state index contributed by atoms with van der Waals surface area (Å²) >= 11 is 0. The molecule has 0 aliphatic carbocycles. The van der Waals surface area contributed by atoms with Crippen molar-refractivity contribution in [3.8, 4) is 5.75 Å². The van der Waals surface area contributed by atoms with E-state index in [2.05, 4.69) is 9.89 Å². The molecular weight excluding hydrogens is 327 g/mol. The summed E-state index contributed by atoms with van der Waals surface area (Å²) in [6.45, 7) is 3.10. The van der Waals surface area contributed by atoms with Gasteiger partial charge in [-0.3, -0.25) is 5.41 Å². The van der Waals surface area contributed by atoms with Gasteiger partial charge in [-0.1, -0.05) is 0 Å². The van der Waals surface area contributed by atoms with Crippen LogP contribution in [0.4, 0.5) is 5.69 Å². The molecule has 0 spiro atoms. The van der Waals surface area contributed by atoms with Gasteiger partial charge in [-0.05, 0) is 24.3 Å². The van der Waals surface area contributed by atoms with E-state index in [-0.39, 0.29) is 36.7 Å². The Labute approximate surface area is 142 Å². The number of anilines is 1. The highest BCUT2D eigenvalue weighted by Crippen LogP contribution is 2.20. The number of piperazine rings is 1. The van der Waals surface area contributed by atoms with E-state index in [1.807, 2.05) is 29.2 Å². The molecule has 0 amide bonds. The Balaban J connectivity index is 0.00000220. The Morgan fingerprint density at radius 1 is 1.09 bits per heavy atom. The van der Waals surface area contributed by atoms with Crippen LogP contribution in [-0.4, -0.2) is 50.1 Å². The van der Waals surface area contributed by atoms with Crippen LogP contribution in [0.5, 0.6) is 5.75 Å². The Morgan fingerprint density at radius 3 is 2.09 bits per heavy atom. The molecule has 0 unspecified atom stereocenters. The van der Waals surface area contributed by atoms with Crippen LogP contribution in [0.15, 0.2) is 29.3 Å². The smallest absolute Gasteiger partial charge is 0.221 e. The standard InChI is InChI=1S/C13H20N6O.2ClH/c1-20-11-4-2-10(3-5-11)18-6-8-19(9-7-18)13(16)17-12(14)15;;/h2-5H,6-9H2,1H3,(H5,14,15,16,17);2*1H. The molecule has 22 heavy (non-hydrogen) atoms. The Bertz CT molecular complexity index is 496. The number of nitrogens with two attached hydrogens (primary N) is 2. The zero-order chi connectivity index (χ0) is 14.5. The first-order chi connectivity index (χ1) is 9.60. The van der Waals surface area contributed by atoms with Crippen molar-refractivity contribution < 1.29 is 4.74 Å². The molecule has 1 heterocycles. The highest BCUT2D eigenvalue weighted by Gasteiger charge is 2.19. The molecule has 1 aliphatic rings. The molecule has 2 rings (SSSR count). The highest BCUT2D eigenvalue weighted by atomic mass is 35.5. The number of aliphatic imine (C=N–C) groups is 1. The molecule has 7 nitrogen and oxygen atoms in total. The van der Waals surface area contributed by atoms with Crippen molar-refractivity contribution in [3.05, 3.63) is 24.3 Å². The lowest BCUT2D eigenvalue weighted by molar-refractivity contribution is 0.380. The summed E-state index contributed by atoms with van der Waals surface area (Å²) < 4.78 is 5.15. The first kappa shape index (κ1) is 20.1. The predicted molar refractivity (Wildman–Crippen MR) is 94.8 cm³/mol. The summed E-state index contributed by atoms with van der Waals surface area (Å²) in [7, 11) is 1.66. The van der Waals surface area contributed by atoms with Crippen molar-refractivity contribution in [1.82, 2.24) is 4.90 Å². The molecule has 0 radical (unpaired) electrons. The zero-order valence-corrected chi connectivity index (χ0v) is 14.0. The van der Waals surface area contributed by atoms with Crippen LogP contribution in [0.3, 0.4) is 0 Å². The number of methoxy groups -OCH3 is 1. The van der Waals surface area contributed by atoms with Crippen LogP contribution in [0.2, 0.25) is 0 Å². The molecule has 1 aliphatic heterocycles. The second kappa shape index (κ2) is 9.22. The molecule has 5 N–H and O–H groups in total. The van der Waals surface area contributed by atoms with Gasteiger partial charge in [-0.15, -0.1) is 24.8 Å². The number of ether oxygens (including phenoxy) is 1. The molecule has 124 valence electrons. The van der Waals surface area contributed by atoms with E-state index in [1.165, 1.54) is 0 Å². The highest BCUT2D eigenvalue weighted by molar-refractivity contribution is 5.91. The summed E-state index contributed by atoms with van der Waals surface area (Å²) in [6, 6.07) is 7.97. The van der Waals surface area contributed by atoms with Crippen molar-refractivity contribution in [3.63, 3.8) is 0 Å². The van der Waals surface area contributed by atoms with Crippen molar-refractivity contribution >= 4 is 42.4 Å². The van der Waals surface area contributed by atoms with Crippen LogP contribution in [-0.2, 0) is 0 Å². The number of nitrogens with zero attached hydrogens (tertiary/aromatic N) is 3. The first-order valence-electron chi connectivity index (χ1n) is 6.42. The average molecular weight is 349 g/mol. The lowest BCUT2D eigenvalue weighted by Gasteiger charge is -2.36. The summed E-state index contributed by atoms with van der Waals surface area (Å²) in [5, 5.41) is 7.78. The molecule has 1 saturated heterocycles. The molecule has 0 aromatic heterocycles. The van der Waals surface area contributed by atoms with Crippen LogP contribution in [0.25, 0.3) is 0 Å². The largest absolute Gasteiger partial charge is 0.497 e. The zero-order valence-electron chi connectivity index (χ0n) is 12.4. The van der Waals surface area contributed by atoms with Gasteiger partial charge in [-0.2, -0.15) is 4.99 Å². The van der Waals surface area contributed by atoms with Crippen molar-refractivity contribution in [2.75, 3.05) is 38.2 Å². The van der Waals surface area contributed by atoms with Crippen LogP contribution < -0.4 is 21.1 Å². The van der Waals surface area contributed by atoms with E-state index < -0.39 is 0 Å². The normalized spacial score (nSPS) is 13.5. The molecule has 0 bridgehead atoms. The Hall–Kier alpha value is -1.86. The summed E-state index contributed by atoms with van der Waals surface area (Å²) in [4.78, 5) is 7.89. The van der Waals surface area contributed by atoms with Gasteiger partial charge in [0.15, 0.2) is 5.96 Å². The number of hydrogen-bond acceptors (Lipinski definition) is 3. The minimum absolute atomic E-state index is 0. The maximum Gasteiger partial charge on any atom is 0.221 e. The monoisotopic (exact) mass is 348 g/mol. The van der Waals surface area contributed by atoms with Gasteiger partial charge in [0.25, 0.3) is 0 Å². The van der Waals surface area contributed by atoms with Crippen LogP contribution in [0.1, 0.15) is 0 Å². The number of guanidine groups is 2. The summed E-state index contributed by atoms with van der Waals surface area (Å²) in [6.07, 6.45) is 0. The maximum atomic E-state index is 7.78. The molecule has 1 fully saturated rings. The third-order valence-electron chi connectivity index (χ3n) is 3.25. The number of hydrogen-bond donors (Lipinski definition) is 3. The quantitative estimate of drug-likeness (QED) is 0.543. The third kappa shape index (κ3) is 5.16. The van der Waals surface area contributed by atoms with Gasteiger partial charge in [0.1, 0.15) is 5.75 Å². The summed E-state index contributed by atoms with van der Waals surface area (Å²) in [5.74, 6) is 0.897. The SMILES string of the molecule is COc1ccc(N2CCN(C(=N)N=C(N)N)CC2)cc1.Cl.Cl. The molecule has 0 saturated carbocycles. The van der Waals surface area contributed by atoms with E-state index in [4.69, 9.17) is 21.6 Å². The van der Waals surface area contributed by atoms with E-state index in [1.54, 1.807) is 7.11 Å². The molecule has 9 heteroatoms. The number of nitrogens with one attached hydrogen (secondary N) is 1. The fraction of sp³-hybridized carbons (Fsp3) is 0.385. The van der Waals surface area contributed by atoms with E-state index in [0.29, 0.717) is 0 Å². The van der Waals surface area contributed by atoms with Crippen LogP contribution >= 0.6 is 24.8 Å². The van der Waals surface area contributed by atoms with Gasteiger partial charge in [0.05, 0.1) is 7.11 Å². The predicted octanol–water partition coefficient (Wildman–Crippen LogP) is 0.869. The van der Waals surface area contributed by atoms with Crippen molar-refractivity contribution in [1.29, 1.82) is 5.41 Å². The third-order valence-corrected chi connectivity index (χ3v) is 3.25. The van der Waals surface area contributed by atoms with Gasteiger partial charge < -0.3 is 26.0 Å². The van der Waals surface area contributed by atoms with Gasteiger partial charge in [0.2, 0.25) is 5.96 Å². The lowest BCUT2D eigenvalue weighted by atomic mass is 10.2. The molecule has 1 aromatic rings. The Morgan fingerprint density at radius 2 is 1.64 bits per heavy atom. The molecular formula is C13H22Cl2N6O. The second-order valence-corrected chi connectivity index (χ2v) is 4.53. The minimum atomic E-state index is -0.0763. The lowest BCUT2D eigenvalue weighted by Crippen LogP contribution is -2.48. The Kier molecular flexibility index (Phi) is 8.44. The van der Waals surface area contributed by atoms with Crippen molar-refractivity contribution in [2.45, 2.75) is 0 Å². The van der Waals surface area contributed by atoms with Crippen LogP contribution in [0, 0.1) is 5.41 Å². The van der Waals surface area contributed by atoms with E-state index >= 15 is 0 Å². The first-order valence-corrected chi connectivity index (χ1v) is 6.42. The minimum Gasteiger partial charge on any atom is -0.497 e. The van der Waals surface area contributed by atoms with Gasteiger partial charge >= 0.3 is 0 Å². The summed E-state index contributed by atoms with van der Waals surface area (Å²) in [5.41, 5.74) is 11.7. The van der Waals surface area contributed by atoms with E-state index in [9.17, 15) is 0 Å². The van der Waals surface area contributed by atoms with Crippen molar-refractivity contribution in [2.24, 2.45) is 16.5 Å². The maximum absolute atomic E-state index is 7.78. The number of rotatable bonds is 2. The van der Waals surface area contributed by atoms with Gasteiger partial charge in [-0.25, -0.2) is 0 Å². The molecule has 1 aromatic carbocycles. The number of benzene rings is 1. The van der Waals surface area contributed by atoms with Gasteiger partial charge in [0, 0.05) is 31.9 Å².